The molecule has 0 saturated carbocycles. The third kappa shape index (κ3) is 8.56. The Hall–Kier alpha value is -2.40. The van der Waals surface area contributed by atoms with Crippen LogP contribution in [0.15, 0.2) is 42.5 Å². The highest BCUT2D eigenvalue weighted by Gasteiger charge is 2.38. The fourth-order valence-electron chi connectivity index (χ4n) is 5.24. The summed E-state index contributed by atoms with van der Waals surface area (Å²) >= 11 is 0. The maximum atomic E-state index is 12.8. The van der Waals surface area contributed by atoms with Crippen LogP contribution < -0.4 is 10.6 Å². The molecule has 2 aromatic rings. The Labute approximate surface area is 264 Å². The molecule has 2 aromatic carbocycles. The van der Waals surface area contributed by atoms with E-state index in [0.717, 1.165) is 63.8 Å². The van der Waals surface area contributed by atoms with Crippen LogP contribution in [0.3, 0.4) is 0 Å². The number of amides is 4. The fraction of sp³-hybridized carbons (Fsp3) is 0.484. The van der Waals surface area contributed by atoms with Crippen molar-refractivity contribution in [1.29, 1.82) is 0 Å². The SMILES string of the molecule is Br.Br.Cc1ccc2c(c1)C(=O)N(CC(C)(C)CNCCCCCCNCCCN1C(=O)c3ccccc3C1=O)C2=O. The second-order valence-electron chi connectivity index (χ2n) is 11.4. The van der Waals surface area contributed by atoms with Gasteiger partial charge in [-0.1, -0.05) is 50.5 Å². The van der Waals surface area contributed by atoms with Gasteiger partial charge >= 0.3 is 0 Å². The third-order valence-corrected chi connectivity index (χ3v) is 7.39. The van der Waals surface area contributed by atoms with Gasteiger partial charge in [0.05, 0.1) is 22.3 Å². The van der Waals surface area contributed by atoms with E-state index < -0.39 is 0 Å². The van der Waals surface area contributed by atoms with Gasteiger partial charge in [-0.25, -0.2) is 0 Å². The minimum absolute atomic E-state index is 0. The van der Waals surface area contributed by atoms with Crippen molar-refractivity contribution in [2.75, 3.05) is 39.3 Å². The molecular formula is C31H42Br2N4O4. The highest BCUT2D eigenvalue weighted by Crippen LogP contribution is 2.27. The molecule has 0 aromatic heterocycles. The number of benzene rings is 2. The quantitative estimate of drug-likeness (QED) is 0.197. The van der Waals surface area contributed by atoms with E-state index >= 15 is 0 Å². The molecule has 224 valence electrons. The average molecular weight is 695 g/mol. The molecule has 0 fully saturated rings. The number of fused-ring (bicyclic) bond motifs is 2. The van der Waals surface area contributed by atoms with Gasteiger partial charge in [0.2, 0.25) is 0 Å². The van der Waals surface area contributed by atoms with Crippen LogP contribution in [0.5, 0.6) is 0 Å². The van der Waals surface area contributed by atoms with Gasteiger partial charge < -0.3 is 10.6 Å². The Morgan fingerprint density at radius 3 is 1.78 bits per heavy atom. The minimum Gasteiger partial charge on any atom is -0.317 e. The number of hydrogen-bond donors (Lipinski definition) is 2. The molecule has 0 aliphatic carbocycles. The Kier molecular flexibility index (Phi) is 13.3. The van der Waals surface area contributed by atoms with Gasteiger partial charge in [-0.05, 0) is 75.5 Å². The van der Waals surface area contributed by atoms with Crippen LogP contribution in [0, 0.1) is 12.3 Å². The second-order valence-corrected chi connectivity index (χ2v) is 11.4. The van der Waals surface area contributed by atoms with Gasteiger partial charge in [0.1, 0.15) is 0 Å². The number of hydrogen-bond acceptors (Lipinski definition) is 6. The molecule has 0 saturated heterocycles. The van der Waals surface area contributed by atoms with E-state index in [0.29, 0.717) is 35.3 Å². The Morgan fingerprint density at radius 1 is 0.634 bits per heavy atom. The largest absolute Gasteiger partial charge is 0.317 e. The van der Waals surface area contributed by atoms with Gasteiger partial charge in [-0.3, -0.25) is 29.0 Å². The topological polar surface area (TPSA) is 98.8 Å². The Balaban J connectivity index is 0.00000294. The van der Waals surface area contributed by atoms with Crippen molar-refractivity contribution >= 4 is 57.6 Å². The summed E-state index contributed by atoms with van der Waals surface area (Å²) in [4.78, 5) is 53.0. The molecule has 10 heteroatoms. The zero-order valence-electron chi connectivity index (χ0n) is 24.2. The lowest BCUT2D eigenvalue weighted by Crippen LogP contribution is -2.43. The molecule has 8 nitrogen and oxygen atoms in total. The standard InChI is InChI=1S/C31H40N4O4.2BrH/c1-22-13-14-25-26(19-22)30(39)35(29(25)38)21-31(2,3)20-33-16-9-5-4-8-15-32-17-10-18-34-27(36)23-11-6-7-12-24(23)28(34)37;;/h6-7,11-14,19,32-33H,4-5,8-10,15-18,20-21H2,1-3H3;2*1H. The average Bonchev–Trinajstić information content (AvgIpc) is 3.29. The van der Waals surface area contributed by atoms with E-state index in [1.54, 1.807) is 36.4 Å². The van der Waals surface area contributed by atoms with Crippen LogP contribution in [-0.2, 0) is 0 Å². The van der Waals surface area contributed by atoms with Crippen LogP contribution >= 0.6 is 34.0 Å². The number of carbonyl (C=O) groups is 4. The van der Waals surface area contributed by atoms with Crippen molar-refractivity contribution in [3.05, 3.63) is 70.3 Å². The summed E-state index contributed by atoms with van der Waals surface area (Å²) in [5, 5.41) is 6.90. The van der Waals surface area contributed by atoms with Crippen LogP contribution in [0.2, 0.25) is 0 Å². The number of unbranched alkanes of at least 4 members (excludes halogenated alkanes) is 3. The highest BCUT2D eigenvalue weighted by molar-refractivity contribution is 8.93. The Bertz CT molecular complexity index is 1220. The van der Waals surface area contributed by atoms with Crippen LogP contribution in [0.4, 0.5) is 0 Å². The van der Waals surface area contributed by atoms with Gasteiger partial charge in [0.15, 0.2) is 0 Å². The molecule has 2 heterocycles. The number of carbonyl (C=O) groups excluding carboxylic acids is 4. The lowest BCUT2D eigenvalue weighted by atomic mass is 9.92. The first kappa shape index (κ1) is 34.8. The molecule has 2 N–H and O–H groups in total. The van der Waals surface area contributed by atoms with Crippen molar-refractivity contribution < 1.29 is 19.2 Å². The molecule has 0 unspecified atom stereocenters. The van der Waals surface area contributed by atoms with E-state index in [4.69, 9.17) is 0 Å². The lowest BCUT2D eigenvalue weighted by Gasteiger charge is -2.29. The van der Waals surface area contributed by atoms with E-state index in [1.807, 2.05) is 13.0 Å². The molecule has 41 heavy (non-hydrogen) atoms. The monoisotopic (exact) mass is 692 g/mol. The summed E-state index contributed by atoms with van der Waals surface area (Å²) in [6.07, 6.45) is 5.15. The molecule has 4 amide bonds. The smallest absolute Gasteiger partial charge is 0.261 e. The van der Waals surface area contributed by atoms with Crippen molar-refractivity contribution in [3.63, 3.8) is 0 Å². The van der Waals surface area contributed by atoms with Crippen LogP contribution in [0.1, 0.15) is 92.9 Å². The fourth-order valence-corrected chi connectivity index (χ4v) is 5.24. The van der Waals surface area contributed by atoms with Crippen LogP contribution in [-0.4, -0.2) is 72.7 Å². The number of nitrogens with one attached hydrogen (secondary N) is 2. The molecule has 4 rings (SSSR count). The zero-order valence-corrected chi connectivity index (χ0v) is 27.6. The summed E-state index contributed by atoms with van der Waals surface area (Å²) in [7, 11) is 0. The van der Waals surface area contributed by atoms with Gasteiger partial charge in [-0.2, -0.15) is 0 Å². The number of halogens is 2. The molecule has 0 bridgehead atoms. The van der Waals surface area contributed by atoms with E-state index in [-0.39, 0.29) is 63.0 Å². The third-order valence-electron chi connectivity index (χ3n) is 7.39. The number of aryl methyl sites for hydroxylation is 1. The summed E-state index contributed by atoms with van der Waals surface area (Å²) in [5.74, 6) is -0.762. The predicted molar refractivity (Wildman–Crippen MR) is 172 cm³/mol. The molecule has 2 aliphatic heterocycles. The normalized spacial score (nSPS) is 14.2. The number of rotatable bonds is 15. The van der Waals surface area contributed by atoms with Gasteiger partial charge in [-0.15, -0.1) is 34.0 Å². The van der Waals surface area contributed by atoms with Gasteiger partial charge in [0.25, 0.3) is 23.6 Å². The number of imide groups is 2. The van der Waals surface area contributed by atoms with E-state index in [2.05, 4.69) is 24.5 Å². The van der Waals surface area contributed by atoms with Crippen LogP contribution in [0.25, 0.3) is 0 Å². The maximum Gasteiger partial charge on any atom is 0.261 e. The molecule has 0 radical (unpaired) electrons. The first-order valence-electron chi connectivity index (χ1n) is 14.0. The maximum absolute atomic E-state index is 12.8. The lowest BCUT2D eigenvalue weighted by molar-refractivity contribution is 0.0587. The Morgan fingerprint density at radius 2 is 1.15 bits per heavy atom. The first-order chi connectivity index (χ1) is 18.7. The zero-order chi connectivity index (χ0) is 28.0. The summed E-state index contributed by atoms with van der Waals surface area (Å²) in [6.45, 7) is 10.2. The summed E-state index contributed by atoms with van der Waals surface area (Å²) < 4.78 is 0. The molecule has 0 spiro atoms. The van der Waals surface area contributed by atoms with E-state index in [9.17, 15) is 19.2 Å². The van der Waals surface area contributed by atoms with Crippen molar-refractivity contribution in [2.24, 2.45) is 5.41 Å². The summed E-state index contributed by atoms with van der Waals surface area (Å²) in [6, 6.07) is 12.4. The van der Waals surface area contributed by atoms with Crippen molar-refractivity contribution in [1.82, 2.24) is 20.4 Å². The highest BCUT2D eigenvalue weighted by atomic mass is 79.9. The van der Waals surface area contributed by atoms with E-state index in [1.165, 1.54) is 9.80 Å². The molecular weight excluding hydrogens is 652 g/mol. The van der Waals surface area contributed by atoms with Crippen molar-refractivity contribution in [2.45, 2.75) is 52.9 Å². The van der Waals surface area contributed by atoms with Crippen molar-refractivity contribution in [3.8, 4) is 0 Å². The second kappa shape index (κ2) is 15.7. The molecule has 2 aliphatic rings. The molecule has 0 atom stereocenters. The summed E-state index contributed by atoms with van der Waals surface area (Å²) in [5.41, 5.74) is 2.79. The number of nitrogens with zero attached hydrogens (tertiary/aromatic N) is 2. The van der Waals surface area contributed by atoms with Gasteiger partial charge in [0, 0.05) is 19.6 Å². The predicted octanol–water partition coefficient (Wildman–Crippen LogP) is 5.20. The first-order valence-corrected chi connectivity index (χ1v) is 14.0. The minimum atomic E-state index is -0.223.